The van der Waals surface area contributed by atoms with Gasteiger partial charge in [0.25, 0.3) is 0 Å². The summed E-state index contributed by atoms with van der Waals surface area (Å²) < 4.78 is 12.4. The van der Waals surface area contributed by atoms with E-state index < -0.39 is 6.64 Å². The van der Waals surface area contributed by atoms with Crippen molar-refractivity contribution < 1.29 is 9.05 Å². The molecular formula is C8H17N4O2PS. The zero-order chi connectivity index (χ0) is 12.2. The van der Waals surface area contributed by atoms with E-state index in [9.17, 15) is 0 Å². The van der Waals surface area contributed by atoms with Crippen LogP contribution in [0.4, 0.5) is 5.95 Å². The van der Waals surface area contributed by atoms with Crippen LogP contribution in [0.5, 0.6) is 0 Å². The molecule has 0 aliphatic heterocycles. The van der Waals surface area contributed by atoms with Crippen molar-refractivity contribution in [2.45, 2.75) is 27.2 Å². The normalized spacial score (nSPS) is 11.9. The lowest BCUT2D eigenvalue weighted by atomic mass is 10.5. The average molecular weight is 264 g/mol. The molecule has 16 heavy (non-hydrogen) atoms. The van der Waals surface area contributed by atoms with E-state index in [1.165, 1.54) is 4.45 Å². The molecule has 0 radical (unpaired) electrons. The fourth-order valence-corrected chi connectivity index (χ4v) is 3.61. The van der Waals surface area contributed by atoms with Crippen LogP contribution >= 0.6 is 6.64 Å². The largest absolute Gasteiger partial charge is 0.368 e. The zero-order valence-electron chi connectivity index (χ0n) is 9.71. The molecule has 0 saturated carbocycles. The van der Waals surface area contributed by atoms with Gasteiger partial charge < -0.3 is 14.8 Å². The molecule has 0 aliphatic carbocycles. The summed E-state index contributed by atoms with van der Waals surface area (Å²) in [5.74, 6) is 0.896. The van der Waals surface area contributed by atoms with E-state index in [-0.39, 0.29) is 5.95 Å². The average Bonchev–Trinajstić information content (AvgIpc) is 2.61. The van der Waals surface area contributed by atoms with Crippen LogP contribution < -0.4 is 5.73 Å². The standard InChI is InChI=1S/C8H17N4O2PS/c1-4-7-10-8(9)12(11-7)15(16,13-5-2)14-6-3/h4-6H2,1-3H3,(H2,9,10,11). The molecule has 0 saturated heterocycles. The van der Waals surface area contributed by atoms with E-state index in [1.807, 2.05) is 20.8 Å². The minimum Gasteiger partial charge on any atom is -0.368 e. The van der Waals surface area contributed by atoms with Crippen LogP contribution in [-0.4, -0.2) is 27.7 Å². The number of hydrogen-bond donors (Lipinski definition) is 1. The zero-order valence-corrected chi connectivity index (χ0v) is 11.4. The van der Waals surface area contributed by atoms with Gasteiger partial charge in [-0.25, -0.2) is 0 Å². The Morgan fingerprint density at radius 2 is 1.88 bits per heavy atom. The molecule has 1 aromatic heterocycles. The number of aromatic nitrogens is 3. The van der Waals surface area contributed by atoms with Gasteiger partial charge in [0.15, 0.2) is 5.82 Å². The van der Waals surface area contributed by atoms with Crippen LogP contribution in [0, 0.1) is 0 Å². The minimum atomic E-state index is -2.65. The smallest absolute Gasteiger partial charge is 0.313 e. The summed E-state index contributed by atoms with van der Waals surface area (Å²) in [6, 6.07) is 0. The number of nitrogen functional groups attached to an aromatic ring is 1. The first-order chi connectivity index (χ1) is 7.57. The van der Waals surface area contributed by atoms with Gasteiger partial charge in [-0.05, 0) is 25.7 Å². The molecular weight excluding hydrogens is 247 g/mol. The molecule has 0 bridgehead atoms. The number of rotatable bonds is 6. The summed E-state index contributed by atoms with van der Waals surface area (Å²) in [5.41, 5.74) is 5.75. The molecule has 0 atom stereocenters. The predicted molar refractivity (Wildman–Crippen MR) is 66.7 cm³/mol. The first kappa shape index (κ1) is 13.6. The van der Waals surface area contributed by atoms with Gasteiger partial charge in [0, 0.05) is 6.42 Å². The Bertz CT molecular complexity index is 385. The second-order valence-corrected chi connectivity index (χ2v) is 6.15. The highest BCUT2D eigenvalue weighted by Crippen LogP contribution is 2.50. The van der Waals surface area contributed by atoms with Crippen LogP contribution in [0.3, 0.4) is 0 Å². The third-order valence-electron chi connectivity index (χ3n) is 1.79. The minimum absolute atomic E-state index is 0.252. The van der Waals surface area contributed by atoms with E-state index >= 15 is 0 Å². The molecule has 0 spiro atoms. The number of anilines is 1. The van der Waals surface area contributed by atoms with Crippen LogP contribution in [0.2, 0.25) is 0 Å². The predicted octanol–water partition coefficient (Wildman–Crippen LogP) is 1.57. The lowest BCUT2D eigenvalue weighted by molar-refractivity contribution is 0.257. The van der Waals surface area contributed by atoms with Crippen molar-refractivity contribution in [2.75, 3.05) is 18.9 Å². The molecule has 1 rings (SSSR count). The summed E-state index contributed by atoms with van der Waals surface area (Å²) in [6.45, 7) is 3.92. The van der Waals surface area contributed by atoms with E-state index in [1.54, 1.807) is 0 Å². The van der Waals surface area contributed by atoms with Gasteiger partial charge in [-0.3, -0.25) is 0 Å². The summed E-state index contributed by atoms with van der Waals surface area (Å²) in [7, 11) is 0. The van der Waals surface area contributed by atoms with Gasteiger partial charge in [-0.2, -0.15) is 9.44 Å². The maximum absolute atomic E-state index is 5.75. The summed E-state index contributed by atoms with van der Waals surface area (Å²) in [5, 5.41) is 4.21. The van der Waals surface area contributed by atoms with Crippen LogP contribution in [0.1, 0.15) is 26.6 Å². The van der Waals surface area contributed by atoms with Crippen molar-refractivity contribution >= 4 is 24.4 Å². The molecule has 92 valence electrons. The quantitative estimate of drug-likeness (QED) is 0.786. The molecule has 1 aromatic rings. The Labute approximate surface area is 100 Å². The van der Waals surface area contributed by atoms with E-state index in [0.29, 0.717) is 25.5 Å². The second kappa shape index (κ2) is 5.72. The fourth-order valence-electron chi connectivity index (χ4n) is 1.16. The molecule has 0 aromatic carbocycles. The van der Waals surface area contributed by atoms with E-state index in [4.69, 9.17) is 26.6 Å². The Hall–Kier alpha value is -0.490. The summed E-state index contributed by atoms with van der Waals surface area (Å²) >= 11 is 5.36. The first-order valence-corrected chi connectivity index (χ1v) is 7.77. The van der Waals surface area contributed by atoms with Crippen LogP contribution in [-0.2, 0) is 27.3 Å². The Morgan fingerprint density at radius 1 is 1.31 bits per heavy atom. The molecule has 0 unspecified atom stereocenters. The van der Waals surface area contributed by atoms with Gasteiger partial charge in [0.2, 0.25) is 5.95 Å². The molecule has 6 nitrogen and oxygen atoms in total. The van der Waals surface area contributed by atoms with Crippen LogP contribution in [0.15, 0.2) is 0 Å². The van der Waals surface area contributed by atoms with Gasteiger partial charge in [-0.15, -0.1) is 5.10 Å². The lowest BCUT2D eigenvalue weighted by Gasteiger charge is -2.20. The third-order valence-corrected chi connectivity index (χ3v) is 4.82. The fraction of sp³-hybridized carbons (Fsp3) is 0.750. The van der Waals surface area contributed by atoms with Crippen molar-refractivity contribution in [3.63, 3.8) is 0 Å². The Kier molecular flexibility index (Phi) is 4.86. The third kappa shape index (κ3) is 2.79. The van der Waals surface area contributed by atoms with Crippen molar-refractivity contribution in [1.82, 2.24) is 14.5 Å². The highest BCUT2D eigenvalue weighted by molar-refractivity contribution is 8.09. The molecule has 0 fully saturated rings. The molecule has 1 heterocycles. The lowest BCUT2D eigenvalue weighted by Crippen LogP contribution is -2.09. The van der Waals surface area contributed by atoms with Gasteiger partial charge in [-0.1, -0.05) is 6.92 Å². The van der Waals surface area contributed by atoms with Gasteiger partial charge in [0.05, 0.1) is 13.2 Å². The van der Waals surface area contributed by atoms with Gasteiger partial charge in [0.1, 0.15) is 0 Å². The molecule has 2 N–H and O–H groups in total. The first-order valence-electron chi connectivity index (χ1n) is 5.18. The molecule has 0 amide bonds. The van der Waals surface area contributed by atoms with Gasteiger partial charge >= 0.3 is 6.64 Å². The highest BCUT2D eigenvalue weighted by atomic mass is 32.5. The summed E-state index contributed by atoms with van der Waals surface area (Å²) in [6.07, 6.45) is 0.699. The number of nitrogens with two attached hydrogens (primary N) is 1. The Balaban J connectivity index is 3.09. The van der Waals surface area contributed by atoms with E-state index in [0.717, 1.165) is 0 Å². The van der Waals surface area contributed by atoms with Crippen molar-refractivity contribution in [3.05, 3.63) is 5.82 Å². The SMILES string of the molecule is CCOP(=S)(OCC)n1nc(CC)nc1N. The highest BCUT2D eigenvalue weighted by Gasteiger charge is 2.25. The van der Waals surface area contributed by atoms with Crippen molar-refractivity contribution in [2.24, 2.45) is 0 Å². The monoisotopic (exact) mass is 264 g/mol. The van der Waals surface area contributed by atoms with E-state index in [2.05, 4.69) is 10.1 Å². The number of aryl methyl sites for hydroxylation is 1. The molecule has 0 aliphatic rings. The molecule has 8 heteroatoms. The summed E-state index contributed by atoms with van der Waals surface area (Å²) in [4.78, 5) is 4.09. The number of hydrogen-bond acceptors (Lipinski definition) is 6. The Morgan fingerprint density at radius 3 is 2.25 bits per heavy atom. The van der Waals surface area contributed by atoms with Crippen molar-refractivity contribution in [3.8, 4) is 0 Å². The number of nitrogens with zero attached hydrogens (tertiary/aromatic N) is 3. The van der Waals surface area contributed by atoms with Crippen molar-refractivity contribution in [1.29, 1.82) is 0 Å². The maximum Gasteiger partial charge on any atom is 0.313 e. The van der Waals surface area contributed by atoms with Crippen LogP contribution in [0.25, 0.3) is 0 Å². The maximum atomic E-state index is 5.75. The second-order valence-electron chi connectivity index (χ2n) is 2.93. The topological polar surface area (TPSA) is 75.2 Å².